The second-order valence-corrected chi connectivity index (χ2v) is 26.0. The van der Waals surface area contributed by atoms with Crippen LogP contribution < -0.4 is 0 Å². The van der Waals surface area contributed by atoms with E-state index in [1.54, 1.807) is 0 Å². The van der Waals surface area contributed by atoms with E-state index in [1.165, 1.54) is 83.5 Å². The van der Waals surface area contributed by atoms with Crippen molar-refractivity contribution in [1.82, 2.24) is 0 Å². The fourth-order valence-corrected chi connectivity index (χ4v) is 13.6. The van der Waals surface area contributed by atoms with Gasteiger partial charge >= 0.3 is 11.9 Å². The summed E-state index contributed by atoms with van der Waals surface area (Å²) in [5, 5.41) is 231. The molecule has 0 spiro atoms. The molecule has 90 heavy (non-hydrogen) atoms. The number of carboxylic acid groups (broad SMARTS) is 2. The van der Waals surface area contributed by atoms with Gasteiger partial charge in [-0.25, -0.2) is 0 Å². The van der Waals surface area contributed by atoms with E-state index in [0.29, 0.717) is 32.1 Å². The third kappa shape index (κ3) is 44.0. The van der Waals surface area contributed by atoms with Crippen molar-refractivity contribution in [1.29, 1.82) is 0 Å². The van der Waals surface area contributed by atoms with Crippen molar-refractivity contribution < 1.29 is 122 Å². The molecule has 22 N–H and O–H groups in total. The van der Waals surface area contributed by atoms with Crippen LogP contribution in [-0.2, 0) is 9.59 Å². The van der Waals surface area contributed by atoms with Gasteiger partial charge in [0.15, 0.2) is 0 Å². The Hall–Kier alpha value is -1.86. The molecule has 0 fully saturated rings. The molecule has 19 unspecified atom stereocenters. The number of carbonyl (C=O) groups is 2. The second kappa shape index (κ2) is 58.5. The van der Waals surface area contributed by atoms with Gasteiger partial charge in [-0.05, 0) is 118 Å². The molecule has 0 aliphatic rings. The molecule has 0 rings (SSSR count). The minimum atomic E-state index is -1.69. The van der Waals surface area contributed by atoms with Crippen molar-refractivity contribution in [2.75, 3.05) is 66.1 Å². The molecule has 0 aliphatic heterocycles. The Labute approximate surface area is 537 Å². The van der Waals surface area contributed by atoms with Crippen LogP contribution in [0, 0.1) is 53.3 Å². The fourth-order valence-electron chi connectivity index (χ4n) is 13.6. The van der Waals surface area contributed by atoms with Crippen LogP contribution >= 0.6 is 0 Å². The lowest BCUT2D eigenvalue weighted by Crippen LogP contribution is -2.48. The zero-order chi connectivity index (χ0) is 68.2. The van der Waals surface area contributed by atoms with E-state index in [-0.39, 0.29) is 25.9 Å². The number of rotatable bonds is 63. The molecule has 0 aliphatic carbocycles. The summed E-state index contributed by atoms with van der Waals surface area (Å²) in [6.07, 6.45) is 7.32. The normalized spacial score (nSPS) is 18.5. The molecule has 0 radical (unpaired) electrons. The highest BCUT2D eigenvalue weighted by atomic mass is 16.4. The lowest BCUT2D eigenvalue weighted by atomic mass is 9.56. The molecule has 0 saturated heterocycles. The van der Waals surface area contributed by atoms with Crippen LogP contribution in [-0.4, -0.2) is 251 Å². The summed E-state index contributed by atoms with van der Waals surface area (Å²) in [4.78, 5) is 23.5. The van der Waals surface area contributed by atoms with E-state index in [0.717, 1.165) is 44.9 Å². The van der Waals surface area contributed by atoms with Crippen LogP contribution in [0.2, 0.25) is 0 Å². The average Bonchev–Trinajstić information content (AvgIpc) is 0.833. The van der Waals surface area contributed by atoms with Gasteiger partial charge in [-0.2, -0.15) is 0 Å². The van der Waals surface area contributed by atoms with Gasteiger partial charge < -0.3 is 112 Å². The number of aliphatic hydroxyl groups excluding tert-OH is 20. The van der Waals surface area contributed by atoms with E-state index in [1.807, 2.05) is 0 Å². The molecule has 24 nitrogen and oxygen atoms in total. The molecule has 19 atom stereocenters. The summed E-state index contributed by atoms with van der Waals surface area (Å²) in [5.74, 6) is -13.1. The van der Waals surface area contributed by atoms with Gasteiger partial charge in [-0.15, -0.1) is 0 Å². The Kier molecular flexibility index (Phi) is 58.6. The molecular weight excluding hydrogens is 1180 g/mol. The highest BCUT2D eigenvalue weighted by Crippen LogP contribution is 2.51. The number of aliphatic carboxylic acids is 2. The minimum Gasteiger partial charge on any atom is -0.481 e. The van der Waals surface area contributed by atoms with Crippen molar-refractivity contribution in [2.24, 2.45) is 53.3 Å². The van der Waals surface area contributed by atoms with Crippen LogP contribution in [0.4, 0.5) is 0 Å². The van der Waals surface area contributed by atoms with Crippen LogP contribution in [0.5, 0.6) is 0 Å². The lowest BCUT2D eigenvalue weighted by Gasteiger charge is -2.50. The van der Waals surface area contributed by atoms with Crippen molar-refractivity contribution in [3.05, 3.63) is 0 Å². The molecule has 0 aromatic carbocycles. The quantitative estimate of drug-likeness (QED) is 0.0389. The number of hydrogen-bond donors (Lipinski definition) is 22. The predicted molar refractivity (Wildman–Crippen MR) is 340 cm³/mol. The highest BCUT2D eigenvalue weighted by molar-refractivity contribution is 5.70. The molecular formula is C66H132O24. The maximum atomic E-state index is 13.2. The van der Waals surface area contributed by atoms with E-state index in [2.05, 4.69) is 6.92 Å². The van der Waals surface area contributed by atoms with Crippen molar-refractivity contribution >= 4 is 11.9 Å². The predicted octanol–water partition coefficient (Wildman–Crippen LogP) is 2.50. The monoisotopic (exact) mass is 1310 g/mol. The van der Waals surface area contributed by atoms with E-state index >= 15 is 0 Å². The van der Waals surface area contributed by atoms with Gasteiger partial charge in [0.05, 0.1) is 133 Å². The maximum Gasteiger partial charge on any atom is 0.306 e. The highest BCUT2D eigenvalue weighted by Gasteiger charge is 2.49. The average molecular weight is 1310 g/mol. The molecule has 0 bridgehead atoms. The summed E-state index contributed by atoms with van der Waals surface area (Å²) in [6, 6.07) is 0. The van der Waals surface area contributed by atoms with E-state index < -0.39 is 224 Å². The van der Waals surface area contributed by atoms with E-state index in [4.69, 9.17) is 10.2 Å². The van der Waals surface area contributed by atoms with Gasteiger partial charge in [-0.1, -0.05) is 148 Å². The van der Waals surface area contributed by atoms with Gasteiger partial charge in [-0.3, -0.25) is 9.59 Å². The van der Waals surface area contributed by atoms with Crippen LogP contribution in [0.1, 0.15) is 225 Å². The Bertz CT molecular complexity index is 1610. The summed E-state index contributed by atoms with van der Waals surface area (Å²) in [7, 11) is 0. The second-order valence-electron chi connectivity index (χ2n) is 26.0. The van der Waals surface area contributed by atoms with Crippen molar-refractivity contribution in [3.8, 4) is 0 Å². The molecule has 0 saturated carbocycles. The third-order valence-corrected chi connectivity index (χ3v) is 18.4. The van der Waals surface area contributed by atoms with Crippen LogP contribution in [0.15, 0.2) is 0 Å². The topological polar surface area (TPSA) is 479 Å². The molecule has 0 aromatic heterocycles. The first-order valence-electron chi connectivity index (χ1n) is 34.4. The van der Waals surface area contributed by atoms with Crippen LogP contribution in [0.3, 0.4) is 0 Å². The maximum absolute atomic E-state index is 13.2. The Balaban J connectivity index is 0. The summed E-state index contributed by atoms with van der Waals surface area (Å²) in [5.41, 5.74) is 0. The molecule has 24 heteroatoms. The van der Waals surface area contributed by atoms with Crippen molar-refractivity contribution in [3.63, 3.8) is 0 Å². The van der Waals surface area contributed by atoms with E-state index in [9.17, 15) is 112 Å². The number of aliphatic hydroxyl groups is 20. The van der Waals surface area contributed by atoms with Gasteiger partial charge in [0.1, 0.15) is 0 Å². The largest absolute Gasteiger partial charge is 0.481 e. The third-order valence-electron chi connectivity index (χ3n) is 18.4. The fraction of sp³-hybridized carbons (Fsp3) is 0.970. The Morgan fingerprint density at radius 1 is 0.256 bits per heavy atom. The van der Waals surface area contributed by atoms with Crippen molar-refractivity contribution in [2.45, 2.75) is 286 Å². The van der Waals surface area contributed by atoms with Gasteiger partial charge in [0.25, 0.3) is 0 Å². The molecule has 0 aromatic rings. The molecule has 0 heterocycles. The summed E-state index contributed by atoms with van der Waals surface area (Å²) < 4.78 is 0. The SMILES string of the molecule is CCCCCCCCCCCCCCCCCC(=O)O.O=C(O)C(CC(O)CO)C(CC(O)CO)C(CC(O)CO)C(CC(O)CO)C(CC(O)CO)C(CC(O)CO)C(CC(O)CO)C(CC(O)CO)C(CCCCCCCCCC(O)CO)CC(O)CO. The van der Waals surface area contributed by atoms with Crippen LogP contribution in [0.25, 0.3) is 0 Å². The minimum absolute atomic E-state index is 0.107. The zero-order valence-electron chi connectivity index (χ0n) is 54.7. The first-order valence-corrected chi connectivity index (χ1v) is 34.4. The summed E-state index contributed by atoms with van der Waals surface area (Å²) in [6.45, 7) is -5.74. The molecule has 540 valence electrons. The number of hydrogen-bond acceptors (Lipinski definition) is 22. The number of unbranched alkanes of at least 4 members (excludes halogenated alkanes) is 20. The molecule has 0 amide bonds. The zero-order valence-corrected chi connectivity index (χ0v) is 54.7. The first-order chi connectivity index (χ1) is 43.0. The standard InChI is InChI=1S/C48H96O22.C18H36O2/c49-19-30(59)9-7-5-3-1-2-4-6-8-29(10-31(60)20-50)40(11-32(61)21-51)41(12-33(62)22-52)42(13-34(63)23-53)43(14-35(64)24-54)44(15-36(65)25-55)45(16-37(66)26-56)46(17-38(67)27-57)47(48(69)70)18-39(68)28-58;1-2-3-4-5-6-7-8-9-10-11-12-13-14-15-16-17-18(19)20/h29-47,49-68H,1-28H2,(H,69,70);2-17H2,1H3,(H,19,20). The number of carboxylic acids is 2. The Morgan fingerprint density at radius 2 is 0.489 bits per heavy atom. The summed E-state index contributed by atoms with van der Waals surface area (Å²) >= 11 is 0. The lowest BCUT2D eigenvalue weighted by molar-refractivity contribution is -0.149. The van der Waals surface area contributed by atoms with Gasteiger partial charge in [0, 0.05) is 6.42 Å². The van der Waals surface area contributed by atoms with Gasteiger partial charge in [0.2, 0.25) is 0 Å². The first kappa shape index (κ1) is 90.2. The Morgan fingerprint density at radius 3 is 0.789 bits per heavy atom. The smallest absolute Gasteiger partial charge is 0.306 e.